The van der Waals surface area contributed by atoms with E-state index in [-0.39, 0.29) is 11.9 Å². The van der Waals surface area contributed by atoms with Gasteiger partial charge in [0.05, 0.1) is 12.8 Å². The summed E-state index contributed by atoms with van der Waals surface area (Å²) in [5, 5.41) is 2.91. The van der Waals surface area contributed by atoms with E-state index in [1.165, 1.54) is 5.56 Å². The van der Waals surface area contributed by atoms with Crippen molar-refractivity contribution in [3.8, 4) is 5.75 Å². The number of nitrogens with one attached hydrogen (secondary N) is 1. The Kier molecular flexibility index (Phi) is 6.27. The van der Waals surface area contributed by atoms with Gasteiger partial charge in [-0.25, -0.2) is 4.98 Å². The van der Waals surface area contributed by atoms with Crippen molar-refractivity contribution in [3.63, 3.8) is 0 Å². The van der Waals surface area contributed by atoms with Crippen LogP contribution in [0.5, 0.6) is 5.75 Å². The molecule has 0 aliphatic heterocycles. The van der Waals surface area contributed by atoms with E-state index in [2.05, 4.69) is 41.2 Å². The lowest BCUT2D eigenvalue weighted by Gasteiger charge is -2.28. The summed E-state index contributed by atoms with van der Waals surface area (Å²) in [6.45, 7) is 4.96. The zero-order valence-electron chi connectivity index (χ0n) is 16.4. The normalized spacial score (nSPS) is 10.6. The van der Waals surface area contributed by atoms with Crippen molar-refractivity contribution in [1.82, 2.24) is 4.98 Å². The van der Waals surface area contributed by atoms with Crippen LogP contribution in [0.2, 0.25) is 0 Å². The van der Waals surface area contributed by atoms with Gasteiger partial charge in [0, 0.05) is 24.3 Å². The molecule has 0 unspecified atom stereocenters. The fourth-order valence-corrected chi connectivity index (χ4v) is 2.97. The molecule has 5 heteroatoms. The van der Waals surface area contributed by atoms with Crippen molar-refractivity contribution in [3.05, 3.63) is 84.1 Å². The number of para-hydroxylation sites is 2. The second kappa shape index (κ2) is 9.04. The molecule has 1 aromatic heterocycles. The van der Waals surface area contributed by atoms with Gasteiger partial charge in [-0.3, -0.25) is 4.79 Å². The van der Waals surface area contributed by atoms with Crippen molar-refractivity contribution in [2.45, 2.75) is 26.4 Å². The van der Waals surface area contributed by atoms with E-state index < -0.39 is 0 Å². The topological polar surface area (TPSA) is 54.5 Å². The van der Waals surface area contributed by atoms with Crippen LogP contribution in [0.15, 0.2) is 72.9 Å². The van der Waals surface area contributed by atoms with Gasteiger partial charge in [-0.05, 0) is 43.7 Å². The van der Waals surface area contributed by atoms with Crippen molar-refractivity contribution in [2.24, 2.45) is 0 Å². The van der Waals surface area contributed by atoms with Gasteiger partial charge in [-0.15, -0.1) is 0 Å². The minimum absolute atomic E-state index is 0.198. The molecule has 3 aromatic rings. The lowest BCUT2D eigenvalue weighted by Crippen LogP contribution is -2.31. The molecule has 2 aromatic carbocycles. The number of anilines is 2. The summed E-state index contributed by atoms with van der Waals surface area (Å²) in [4.78, 5) is 19.4. The number of methoxy groups -OCH3 is 1. The Hall–Kier alpha value is -3.34. The molecule has 3 rings (SSSR count). The number of amides is 1. The summed E-state index contributed by atoms with van der Waals surface area (Å²) in [5.41, 5.74) is 2.38. The van der Waals surface area contributed by atoms with Gasteiger partial charge < -0.3 is 15.0 Å². The van der Waals surface area contributed by atoms with E-state index in [4.69, 9.17) is 4.74 Å². The first kappa shape index (κ1) is 19.4. The minimum atomic E-state index is -0.198. The lowest BCUT2D eigenvalue weighted by molar-refractivity contribution is 0.102. The van der Waals surface area contributed by atoms with E-state index in [9.17, 15) is 4.79 Å². The molecule has 0 bridgehead atoms. The quantitative estimate of drug-likeness (QED) is 0.647. The highest BCUT2D eigenvalue weighted by molar-refractivity contribution is 6.05. The molecular formula is C23H25N3O2. The van der Waals surface area contributed by atoms with E-state index >= 15 is 0 Å². The molecular weight excluding hydrogens is 350 g/mol. The minimum Gasteiger partial charge on any atom is -0.495 e. The molecule has 0 saturated heterocycles. The molecule has 1 N–H and O–H groups in total. The standard InChI is InChI=1S/C23H25N3O2/c1-17(2)26(16-18-9-5-4-6-10-18)22-15-19(13-14-24-22)23(27)25-20-11-7-8-12-21(20)28-3/h4-15,17H,16H2,1-3H3,(H,25,27). The van der Waals surface area contributed by atoms with Crippen LogP contribution >= 0.6 is 0 Å². The Labute approximate surface area is 166 Å². The molecule has 0 aliphatic rings. The Morgan fingerprint density at radius 3 is 2.50 bits per heavy atom. The number of rotatable bonds is 7. The molecule has 5 nitrogen and oxygen atoms in total. The number of ether oxygens (including phenoxy) is 1. The maximum absolute atomic E-state index is 12.8. The van der Waals surface area contributed by atoms with Crippen LogP contribution in [0.4, 0.5) is 11.5 Å². The van der Waals surface area contributed by atoms with Gasteiger partial charge in [-0.1, -0.05) is 42.5 Å². The number of hydrogen-bond donors (Lipinski definition) is 1. The summed E-state index contributed by atoms with van der Waals surface area (Å²) < 4.78 is 5.31. The Bertz CT molecular complexity index is 926. The summed E-state index contributed by atoms with van der Waals surface area (Å²) in [6, 6.07) is 21.4. The monoisotopic (exact) mass is 375 g/mol. The maximum Gasteiger partial charge on any atom is 0.255 e. The van der Waals surface area contributed by atoms with E-state index in [0.29, 0.717) is 17.0 Å². The Morgan fingerprint density at radius 1 is 1.07 bits per heavy atom. The highest BCUT2D eigenvalue weighted by atomic mass is 16.5. The van der Waals surface area contributed by atoms with Crippen molar-refractivity contribution in [1.29, 1.82) is 0 Å². The molecule has 0 radical (unpaired) electrons. The van der Waals surface area contributed by atoms with Crippen LogP contribution < -0.4 is 15.0 Å². The van der Waals surface area contributed by atoms with Crippen LogP contribution in [-0.4, -0.2) is 24.0 Å². The molecule has 0 saturated carbocycles. The number of benzene rings is 2. The number of carbonyl (C=O) groups excluding carboxylic acids is 1. The second-order valence-corrected chi connectivity index (χ2v) is 6.76. The fraction of sp³-hybridized carbons (Fsp3) is 0.217. The number of carbonyl (C=O) groups is 1. The smallest absolute Gasteiger partial charge is 0.255 e. The Morgan fingerprint density at radius 2 is 1.79 bits per heavy atom. The lowest BCUT2D eigenvalue weighted by atomic mass is 10.1. The third-order valence-electron chi connectivity index (χ3n) is 4.48. The number of aromatic nitrogens is 1. The Balaban J connectivity index is 1.82. The fourth-order valence-electron chi connectivity index (χ4n) is 2.97. The third-order valence-corrected chi connectivity index (χ3v) is 4.48. The molecule has 0 fully saturated rings. The van der Waals surface area contributed by atoms with E-state index in [1.807, 2.05) is 48.5 Å². The third kappa shape index (κ3) is 4.68. The van der Waals surface area contributed by atoms with Gasteiger partial charge >= 0.3 is 0 Å². The molecule has 28 heavy (non-hydrogen) atoms. The van der Waals surface area contributed by atoms with Gasteiger partial charge in [0.2, 0.25) is 0 Å². The predicted octanol–water partition coefficient (Wildman–Crippen LogP) is 4.76. The molecule has 1 amide bonds. The van der Waals surface area contributed by atoms with Gasteiger partial charge in [0.1, 0.15) is 11.6 Å². The zero-order chi connectivity index (χ0) is 19.9. The number of pyridine rings is 1. The van der Waals surface area contributed by atoms with Crippen LogP contribution in [0, 0.1) is 0 Å². The summed E-state index contributed by atoms with van der Waals surface area (Å²) >= 11 is 0. The molecule has 144 valence electrons. The van der Waals surface area contributed by atoms with Crippen molar-refractivity contribution >= 4 is 17.4 Å². The van der Waals surface area contributed by atoms with Crippen molar-refractivity contribution in [2.75, 3.05) is 17.3 Å². The average molecular weight is 375 g/mol. The van der Waals surface area contributed by atoms with Crippen LogP contribution in [0.1, 0.15) is 29.8 Å². The highest BCUT2D eigenvalue weighted by Gasteiger charge is 2.16. The number of hydrogen-bond acceptors (Lipinski definition) is 4. The van der Waals surface area contributed by atoms with Gasteiger partial charge in [-0.2, -0.15) is 0 Å². The van der Waals surface area contributed by atoms with Gasteiger partial charge in [0.15, 0.2) is 0 Å². The van der Waals surface area contributed by atoms with E-state index in [0.717, 1.165) is 12.4 Å². The first-order chi connectivity index (χ1) is 13.6. The number of nitrogens with zero attached hydrogens (tertiary/aromatic N) is 2. The molecule has 0 atom stereocenters. The first-order valence-corrected chi connectivity index (χ1v) is 9.29. The van der Waals surface area contributed by atoms with Crippen LogP contribution in [-0.2, 0) is 6.54 Å². The summed E-state index contributed by atoms with van der Waals surface area (Å²) in [6.07, 6.45) is 1.67. The molecule has 1 heterocycles. The predicted molar refractivity (Wildman–Crippen MR) is 113 cm³/mol. The SMILES string of the molecule is COc1ccccc1NC(=O)c1ccnc(N(Cc2ccccc2)C(C)C)c1. The van der Waals surface area contributed by atoms with E-state index in [1.54, 1.807) is 19.4 Å². The summed E-state index contributed by atoms with van der Waals surface area (Å²) in [7, 11) is 1.58. The zero-order valence-corrected chi connectivity index (χ0v) is 16.4. The van der Waals surface area contributed by atoms with Gasteiger partial charge in [0.25, 0.3) is 5.91 Å². The molecule has 0 spiro atoms. The highest BCUT2D eigenvalue weighted by Crippen LogP contribution is 2.24. The largest absolute Gasteiger partial charge is 0.495 e. The van der Waals surface area contributed by atoms with Crippen molar-refractivity contribution < 1.29 is 9.53 Å². The summed E-state index contributed by atoms with van der Waals surface area (Å²) in [5.74, 6) is 1.20. The maximum atomic E-state index is 12.8. The first-order valence-electron chi connectivity index (χ1n) is 9.29. The second-order valence-electron chi connectivity index (χ2n) is 6.76. The average Bonchev–Trinajstić information content (AvgIpc) is 2.73. The van der Waals surface area contributed by atoms with Crippen LogP contribution in [0.25, 0.3) is 0 Å². The molecule has 0 aliphatic carbocycles. The van der Waals surface area contributed by atoms with Crippen LogP contribution in [0.3, 0.4) is 0 Å².